The number of fused-ring (bicyclic) bond motifs is 1. The fraction of sp³-hybridized carbons (Fsp3) is 0.417. The summed E-state index contributed by atoms with van der Waals surface area (Å²) in [5.41, 5.74) is 4.60. The Labute approximate surface area is 263 Å². The Morgan fingerprint density at radius 1 is 0.955 bits per heavy atom. The van der Waals surface area contributed by atoms with E-state index >= 15 is 0 Å². The molecule has 236 valence electrons. The minimum atomic E-state index is -0.464. The number of para-hydroxylation sites is 1. The average Bonchev–Trinajstić information content (AvgIpc) is 3.34. The number of benzene rings is 3. The summed E-state index contributed by atoms with van der Waals surface area (Å²) in [6.07, 6.45) is 5.01. The van der Waals surface area contributed by atoms with Crippen molar-refractivity contribution in [2.75, 3.05) is 37.4 Å². The van der Waals surface area contributed by atoms with Gasteiger partial charge in [0, 0.05) is 55.9 Å². The van der Waals surface area contributed by atoms with E-state index in [0.717, 1.165) is 53.2 Å². The van der Waals surface area contributed by atoms with E-state index in [9.17, 15) is 14.4 Å². The maximum absolute atomic E-state index is 12.0. The Morgan fingerprint density at radius 3 is 2.11 bits per heavy atom. The monoisotopic (exact) mass is 600 g/mol. The van der Waals surface area contributed by atoms with Crippen molar-refractivity contribution >= 4 is 29.7 Å². The second-order valence-electron chi connectivity index (χ2n) is 12.4. The Balaban J connectivity index is 0.000000206. The van der Waals surface area contributed by atoms with Crippen LogP contribution in [0.4, 0.5) is 16.2 Å². The second kappa shape index (κ2) is 15.6. The molecule has 0 spiro atoms. The number of ether oxygens (including phenoxy) is 1. The Kier molecular flexibility index (Phi) is 11.7. The Bertz CT molecular complexity index is 1370. The normalized spacial score (nSPS) is 21.0. The van der Waals surface area contributed by atoms with Crippen LogP contribution in [0, 0.1) is 11.8 Å². The van der Waals surface area contributed by atoms with Gasteiger partial charge in [-0.2, -0.15) is 0 Å². The van der Waals surface area contributed by atoms with Gasteiger partial charge in [0.25, 0.3) is 0 Å². The predicted octanol–water partition coefficient (Wildman–Crippen LogP) is 7.09. The smallest absolute Gasteiger partial charge is 0.411 e. The van der Waals surface area contributed by atoms with Crippen LogP contribution in [-0.4, -0.2) is 61.5 Å². The quantitative estimate of drug-likeness (QED) is 0.197. The molecule has 2 aliphatic heterocycles. The molecule has 44 heavy (non-hydrogen) atoms. The van der Waals surface area contributed by atoms with Gasteiger partial charge in [0.05, 0.1) is 12.8 Å². The van der Waals surface area contributed by atoms with Crippen LogP contribution in [0.3, 0.4) is 0 Å². The predicted molar refractivity (Wildman–Crippen MR) is 179 cm³/mol. The van der Waals surface area contributed by atoms with Crippen molar-refractivity contribution in [1.29, 1.82) is 0 Å². The number of methoxy groups -OCH3 is 1. The first kappa shape index (κ1) is 32.9. The number of aldehydes is 1. The summed E-state index contributed by atoms with van der Waals surface area (Å²) >= 11 is 0. The van der Waals surface area contributed by atoms with Crippen LogP contribution in [0.15, 0.2) is 78.9 Å². The third-order valence-electron chi connectivity index (χ3n) is 8.81. The van der Waals surface area contributed by atoms with Crippen LogP contribution in [-0.2, 0) is 9.53 Å². The van der Waals surface area contributed by atoms with Crippen LogP contribution in [0.2, 0.25) is 0 Å². The van der Waals surface area contributed by atoms with Crippen molar-refractivity contribution in [3.63, 3.8) is 0 Å². The SMILES string of the molecule is CC1NC1(C)C.COC(=O)Nc1ccccc1-c1ccccc1.O=Cc1ccc(NC(=O)CCN2CC3CCCC3C2)cc1.[HH]. The van der Waals surface area contributed by atoms with E-state index in [2.05, 4.69) is 46.4 Å². The summed E-state index contributed by atoms with van der Waals surface area (Å²) in [5, 5.41) is 8.85. The number of nitrogens with one attached hydrogen (secondary N) is 3. The molecule has 3 aromatic carbocycles. The average molecular weight is 601 g/mol. The number of anilines is 2. The van der Waals surface area contributed by atoms with Gasteiger partial charge in [-0.05, 0) is 81.3 Å². The van der Waals surface area contributed by atoms with Gasteiger partial charge in [-0.1, -0.05) is 55.0 Å². The number of hydrogen-bond donors (Lipinski definition) is 3. The highest BCUT2D eigenvalue weighted by Crippen LogP contribution is 2.37. The van der Waals surface area contributed by atoms with Crippen molar-refractivity contribution < 1.29 is 20.5 Å². The van der Waals surface area contributed by atoms with Gasteiger partial charge in [0.2, 0.25) is 5.91 Å². The highest BCUT2D eigenvalue weighted by atomic mass is 16.5. The van der Waals surface area contributed by atoms with E-state index in [4.69, 9.17) is 0 Å². The molecular weight excluding hydrogens is 552 g/mol. The van der Waals surface area contributed by atoms with E-state index in [-0.39, 0.29) is 7.33 Å². The molecule has 3 aliphatic rings. The zero-order valence-electron chi connectivity index (χ0n) is 26.3. The van der Waals surface area contributed by atoms with E-state index in [1.807, 2.05) is 54.6 Å². The Hall–Kier alpha value is -4.01. The molecule has 0 radical (unpaired) electrons. The summed E-state index contributed by atoms with van der Waals surface area (Å²) in [7, 11) is 1.35. The van der Waals surface area contributed by atoms with E-state index in [0.29, 0.717) is 17.5 Å². The van der Waals surface area contributed by atoms with Crippen LogP contribution < -0.4 is 16.0 Å². The fourth-order valence-electron chi connectivity index (χ4n) is 5.78. The van der Waals surface area contributed by atoms with Gasteiger partial charge < -0.3 is 20.3 Å². The number of rotatable bonds is 7. The molecule has 3 unspecified atom stereocenters. The zero-order chi connectivity index (χ0) is 31.5. The number of carbonyl (C=O) groups excluding carboxylic acids is 3. The summed E-state index contributed by atoms with van der Waals surface area (Å²) in [4.78, 5) is 36.2. The third-order valence-corrected chi connectivity index (χ3v) is 8.81. The van der Waals surface area contributed by atoms with Crippen LogP contribution >= 0.6 is 0 Å². The first-order valence-electron chi connectivity index (χ1n) is 15.5. The molecule has 3 N–H and O–H groups in total. The highest BCUT2D eigenvalue weighted by Gasteiger charge is 2.40. The van der Waals surface area contributed by atoms with Gasteiger partial charge in [0.15, 0.2) is 0 Å². The van der Waals surface area contributed by atoms with Crippen molar-refractivity contribution in [3.8, 4) is 11.1 Å². The lowest BCUT2D eigenvalue weighted by molar-refractivity contribution is -0.116. The molecule has 3 fully saturated rings. The zero-order valence-corrected chi connectivity index (χ0v) is 26.3. The Morgan fingerprint density at radius 2 is 1.55 bits per heavy atom. The first-order chi connectivity index (χ1) is 21.2. The van der Waals surface area contributed by atoms with Crippen molar-refractivity contribution in [3.05, 3.63) is 84.4 Å². The molecule has 0 aromatic heterocycles. The fourth-order valence-corrected chi connectivity index (χ4v) is 5.78. The molecule has 0 bridgehead atoms. The van der Waals surface area contributed by atoms with Gasteiger partial charge in [0.1, 0.15) is 6.29 Å². The standard InChI is InChI=1S/C17H22N2O2.C14H13NO2.C5H11N.H2/c20-12-13-4-6-16(7-5-13)18-17(21)8-9-19-10-14-2-1-3-15(14)11-19;1-17-14(16)15-13-10-6-5-9-12(13)11-7-3-2-4-8-11;1-4-5(2,3)6-4;/h4-7,12,14-15H,1-3,8-11H2,(H,18,21);2-10H,1H3,(H,15,16);4,6H,1-3H3;1H. The number of carbonyl (C=O) groups is 3. The topological polar surface area (TPSA) is 110 Å². The van der Waals surface area contributed by atoms with E-state index < -0.39 is 6.09 Å². The maximum atomic E-state index is 12.0. The first-order valence-corrected chi connectivity index (χ1v) is 15.5. The van der Waals surface area contributed by atoms with Crippen LogP contribution in [0.1, 0.15) is 58.2 Å². The molecular formula is C36H48N4O4. The van der Waals surface area contributed by atoms with Gasteiger partial charge in [-0.15, -0.1) is 0 Å². The summed E-state index contributed by atoms with van der Waals surface area (Å²) in [6, 6.07) is 25.2. The van der Waals surface area contributed by atoms with Gasteiger partial charge >= 0.3 is 6.09 Å². The largest absolute Gasteiger partial charge is 0.453 e. The minimum absolute atomic E-state index is 0. The molecule has 1 saturated carbocycles. The third kappa shape index (κ3) is 9.76. The number of hydrogen-bond acceptors (Lipinski definition) is 6. The molecule has 6 rings (SSSR count). The maximum Gasteiger partial charge on any atom is 0.411 e. The number of likely N-dealkylation sites (tertiary alicyclic amines) is 1. The molecule has 2 heterocycles. The molecule has 2 amide bonds. The van der Waals surface area contributed by atoms with E-state index in [1.165, 1.54) is 39.5 Å². The van der Waals surface area contributed by atoms with Crippen molar-refractivity contribution in [2.24, 2.45) is 11.8 Å². The second-order valence-corrected chi connectivity index (χ2v) is 12.4. The molecule has 2 saturated heterocycles. The van der Waals surface area contributed by atoms with E-state index in [1.54, 1.807) is 24.3 Å². The number of amides is 2. The lowest BCUT2D eigenvalue weighted by Crippen LogP contribution is -2.26. The summed E-state index contributed by atoms with van der Waals surface area (Å²) in [6.45, 7) is 9.80. The summed E-state index contributed by atoms with van der Waals surface area (Å²) in [5.74, 6) is 1.80. The molecule has 8 heteroatoms. The lowest BCUT2D eigenvalue weighted by atomic mass is 10.0. The summed E-state index contributed by atoms with van der Waals surface area (Å²) < 4.78 is 4.59. The molecule has 1 aliphatic carbocycles. The highest BCUT2D eigenvalue weighted by molar-refractivity contribution is 5.92. The minimum Gasteiger partial charge on any atom is -0.453 e. The van der Waals surface area contributed by atoms with Crippen molar-refractivity contribution in [1.82, 2.24) is 10.2 Å². The molecule has 3 atom stereocenters. The van der Waals surface area contributed by atoms with Gasteiger partial charge in [-0.3, -0.25) is 14.9 Å². The lowest BCUT2D eigenvalue weighted by Gasteiger charge is -2.16. The van der Waals surface area contributed by atoms with Crippen LogP contribution in [0.5, 0.6) is 0 Å². The van der Waals surface area contributed by atoms with Gasteiger partial charge in [-0.25, -0.2) is 4.79 Å². The molecule has 8 nitrogen and oxygen atoms in total. The van der Waals surface area contributed by atoms with Crippen LogP contribution in [0.25, 0.3) is 11.1 Å². The number of nitrogens with zero attached hydrogens (tertiary/aromatic N) is 1. The molecule has 3 aromatic rings. The van der Waals surface area contributed by atoms with Crippen molar-refractivity contribution in [2.45, 2.75) is 58.0 Å².